The number of nitriles is 1. The Bertz CT molecular complexity index is 1380. The maximum Gasteiger partial charge on any atom is 0.258 e. The van der Waals surface area contributed by atoms with E-state index in [1.54, 1.807) is 18.2 Å². The Morgan fingerprint density at radius 2 is 2.11 bits per heavy atom. The van der Waals surface area contributed by atoms with E-state index in [0.29, 0.717) is 41.7 Å². The van der Waals surface area contributed by atoms with Gasteiger partial charge in [-0.2, -0.15) is 10.2 Å². The predicted molar refractivity (Wildman–Crippen MR) is 138 cm³/mol. The van der Waals surface area contributed by atoms with Gasteiger partial charge in [0.1, 0.15) is 11.8 Å². The van der Waals surface area contributed by atoms with Gasteiger partial charge in [0.2, 0.25) is 15.8 Å². The minimum atomic E-state index is -3.42. The SMILES string of the molecule is CC(C)Oc1ccc(-c2nc(-c3cccc4c3CCC4CNS(=O)(=O)CCNCCO)no2)cc1C#N. The first-order valence-corrected chi connectivity index (χ1v) is 13.9. The first kappa shape index (κ1) is 26.8. The zero-order chi connectivity index (χ0) is 26.4. The lowest BCUT2D eigenvalue weighted by Gasteiger charge is -2.14. The highest BCUT2D eigenvalue weighted by Gasteiger charge is 2.27. The third kappa shape index (κ3) is 6.53. The van der Waals surface area contributed by atoms with E-state index in [-0.39, 0.29) is 30.9 Å². The quantitative estimate of drug-likeness (QED) is 0.303. The van der Waals surface area contributed by atoms with Crippen LogP contribution in [0.3, 0.4) is 0 Å². The molecule has 3 aromatic rings. The van der Waals surface area contributed by atoms with Crippen LogP contribution in [0.4, 0.5) is 0 Å². The van der Waals surface area contributed by atoms with E-state index >= 15 is 0 Å². The maximum atomic E-state index is 12.3. The van der Waals surface area contributed by atoms with Crippen molar-refractivity contribution in [1.29, 1.82) is 5.26 Å². The van der Waals surface area contributed by atoms with Crippen molar-refractivity contribution < 1.29 is 22.8 Å². The van der Waals surface area contributed by atoms with Gasteiger partial charge >= 0.3 is 0 Å². The van der Waals surface area contributed by atoms with Crippen LogP contribution >= 0.6 is 0 Å². The fourth-order valence-corrected chi connectivity index (χ4v) is 5.44. The number of nitrogens with zero attached hydrogens (tertiary/aromatic N) is 3. The van der Waals surface area contributed by atoms with Gasteiger partial charge in [-0.05, 0) is 61.9 Å². The first-order chi connectivity index (χ1) is 17.8. The van der Waals surface area contributed by atoms with Crippen LogP contribution < -0.4 is 14.8 Å². The molecule has 11 heteroatoms. The number of benzene rings is 2. The number of rotatable bonds is 12. The van der Waals surface area contributed by atoms with Crippen molar-refractivity contribution in [3.05, 3.63) is 53.1 Å². The Morgan fingerprint density at radius 3 is 2.86 bits per heavy atom. The molecule has 0 amide bonds. The summed E-state index contributed by atoms with van der Waals surface area (Å²) in [6.45, 7) is 4.73. The molecule has 37 heavy (non-hydrogen) atoms. The van der Waals surface area contributed by atoms with Crippen LogP contribution in [-0.4, -0.2) is 61.8 Å². The molecular formula is C26H31N5O5S. The second kappa shape index (κ2) is 11.8. The highest BCUT2D eigenvalue weighted by molar-refractivity contribution is 7.89. The smallest absolute Gasteiger partial charge is 0.258 e. The van der Waals surface area contributed by atoms with Gasteiger partial charge in [0, 0.05) is 30.8 Å². The topological polar surface area (TPSA) is 150 Å². The molecule has 3 N–H and O–H groups in total. The van der Waals surface area contributed by atoms with Crippen molar-refractivity contribution in [2.45, 2.75) is 38.7 Å². The third-order valence-corrected chi connectivity index (χ3v) is 7.51. The summed E-state index contributed by atoms with van der Waals surface area (Å²) in [6, 6.07) is 13.2. The average molecular weight is 526 g/mol. The lowest BCUT2D eigenvalue weighted by Crippen LogP contribution is -2.34. The Labute approximate surface area is 216 Å². The number of hydrogen-bond acceptors (Lipinski definition) is 9. The highest BCUT2D eigenvalue weighted by atomic mass is 32.2. The number of nitrogens with one attached hydrogen (secondary N) is 2. The van der Waals surface area contributed by atoms with E-state index in [4.69, 9.17) is 14.4 Å². The lowest BCUT2D eigenvalue weighted by atomic mass is 9.98. The number of aromatic nitrogens is 2. The molecule has 1 heterocycles. The van der Waals surface area contributed by atoms with E-state index in [2.05, 4.69) is 26.2 Å². The summed E-state index contributed by atoms with van der Waals surface area (Å²) in [7, 11) is -3.42. The number of sulfonamides is 1. The second-order valence-corrected chi connectivity index (χ2v) is 11.1. The zero-order valence-corrected chi connectivity index (χ0v) is 21.7. The molecule has 0 spiro atoms. The van der Waals surface area contributed by atoms with Gasteiger partial charge in [0.15, 0.2) is 0 Å². The van der Waals surface area contributed by atoms with Gasteiger partial charge in [-0.3, -0.25) is 0 Å². The minimum absolute atomic E-state index is 0.0308. The van der Waals surface area contributed by atoms with Crippen LogP contribution in [0.2, 0.25) is 0 Å². The van der Waals surface area contributed by atoms with Crippen LogP contribution in [0.5, 0.6) is 5.75 Å². The van der Waals surface area contributed by atoms with E-state index < -0.39 is 10.0 Å². The molecule has 10 nitrogen and oxygen atoms in total. The van der Waals surface area contributed by atoms with Crippen molar-refractivity contribution >= 4 is 10.0 Å². The van der Waals surface area contributed by atoms with Crippen molar-refractivity contribution in [3.8, 4) is 34.7 Å². The molecule has 0 aliphatic heterocycles. The standard InChI is InChI=1S/C26H31N5O5S/c1-17(2)35-24-9-7-18(14-20(24)15-27)26-30-25(31-36-26)23-5-3-4-21-19(6-8-22(21)23)16-29-37(33,34)13-11-28-10-12-32/h3-5,7,9,14,17,19,28-29,32H,6,8,10-13,16H2,1-2H3. The Hall–Kier alpha value is -3.30. The molecule has 1 unspecified atom stereocenters. The summed E-state index contributed by atoms with van der Waals surface area (Å²) in [5.41, 5.74) is 4.03. The van der Waals surface area contributed by atoms with Crippen molar-refractivity contribution in [1.82, 2.24) is 20.2 Å². The number of fused-ring (bicyclic) bond motifs is 1. The molecule has 0 fully saturated rings. The molecule has 0 bridgehead atoms. The van der Waals surface area contributed by atoms with Gasteiger partial charge in [0.05, 0.1) is 24.0 Å². The molecule has 0 saturated heterocycles. The van der Waals surface area contributed by atoms with E-state index in [0.717, 1.165) is 29.5 Å². The molecule has 0 radical (unpaired) electrons. The summed E-state index contributed by atoms with van der Waals surface area (Å²) in [5, 5.41) is 25.4. The minimum Gasteiger partial charge on any atom is -0.490 e. The van der Waals surface area contributed by atoms with Crippen LogP contribution in [0.1, 0.15) is 42.9 Å². The predicted octanol–water partition coefficient (Wildman–Crippen LogP) is 2.59. The van der Waals surface area contributed by atoms with Gasteiger partial charge in [-0.15, -0.1) is 0 Å². The van der Waals surface area contributed by atoms with E-state index in [1.807, 2.05) is 32.0 Å². The average Bonchev–Trinajstić information content (AvgIpc) is 3.53. The summed E-state index contributed by atoms with van der Waals surface area (Å²) in [5.74, 6) is 1.26. The summed E-state index contributed by atoms with van der Waals surface area (Å²) in [4.78, 5) is 4.59. The van der Waals surface area contributed by atoms with Crippen LogP contribution in [-0.2, 0) is 16.4 Å². The molecule has 1 aliphatic rings. The molecule has 1 aliphatic carbocycles. The molecule has 4 rings (SSSR count). The molecule has 196 valence electrons. The lowest BCUT2D eigenvalue weighted by molar-refractivity contribution is 0.241. The van der Waals surface area contributed by atoms with E-state index in [9.17, 15) is 13.7 Å². The largest absolute Gasteiger partial charge is 0.490 e. The molecule has 1 aromatic heterocycles. The molecule has 2 aromatic carbocycles. The molecule has 0 saturated carbocycles. The third-order valence-electron chi connectivity index (χ3n) is 6.16. The van der Waals surface area contributed by atoms with Gasteiger partial charge < -0.3 is 19.7 Å². The van der Waals surface area contributed by atoms with E-state index in [1.165, 1.54) is 0 Å². The maximum absolute atomic E-state index is 12.3. The van der Waals surface area contributed by atoms with Gasteiger partial charge in [0.25, 0.3) is 5.89 Å². The molecular weight excluding hydrogens is 494 g/mol. The Balaban J connectivity index is 1.49. The number of ether oxygens (including phenoxy) is 1. The van der Waals surface area contributed by atoms with Crippen molar-refractivity contribution in [2.24, 2.45) is 0 Å². The van der Waals surface area contributed by atoms with Crippen molar-refractivity contribution in [2.75, 3.05) is 32.0 Å². The normalized spacial score (nSPS) is 15.1. The summed E-state index contributed by atoms with van der Waals surface area (Å²) < 4.78 is 38.6. The summed E-state index contributed by atoms with van der Waals surface area (Å²) >= 11 is 0. The van der Waals surface area contributed by atoms with Crippen LogP contribution in [0.25, 0.3) is 22.8 Å². The fourth-order valence-electron chi connectivity index (χ4n) is 4.43. The number of aliphatic hydroxyl groups is 1. The van der Waals surface area contributed by atoms with Gasteiger partial charge in [-0.1, -0.05) is 23.4 Å². The number of aliphatic hydroxyl groups excluding tert-OH is 1. The van der Waals surface area contributed by atoms with Crippen LogP contribution in [0, 0.1) is 11.3 Å². The van der Waals surface area contributed by atoms with Gasteiger partial charge in [-0.25, -0.2) is 13.1 Å². The molecule has 1 atom stereocenters. The Morgan fingerprint density at radius 1 is 1.27 bits per heavy atom. The zero-order valence-electron chi connectivity index (χ0n) is 20.9. The highest BCUT2D eigenvalue weighted by Crippen LogP contribution is 2.38. The van der Waals surface area contributed by atoms with Crippen molar-refractivity contribution in [3.63, 3.8) is 0 Å². The monoisotopic (exact) mass is 525 g/mol. The Kier molecular flexibility index (Phi) is 8.56. The van der Waals surface area contributed by atoms with Crippen LogP contribution in [0.15, 0.2) is 40.9 Å². The summed E-state index contributed by atoms with van der Waals surface area (Å²) in [6.07, 6.45) is 1.53. The fraction of sp³-hybridized carbons (Fsp3) is 0.423. The first-order valence-electron chi connectivity index (χ1n) is 12.3. The second-order valence-electron chi connectivity index (χ2n) is 9.16. The number of hydrogen-bond donors (Lipinski definition) is 3.